The van der Waals surface area contributed by atoms with Gasteiger partial charge in [-0.25, -0.2) is 8.42 Å². The SMILES string of the molecule is COc1ccc(OC)c(-c2nnc3ccc(OCCNC(=O)c4ccc(S(=O)(=O)N5CCCC5)cc4)nn23)c1. The fourth-order valence-electron chi connectivity index (χ4n) is 4.28. The predicted molar refractivity (Wildman–Crippen MR) is 142 cm³/mol. The largest absolute Gasteiger partial charge is 0.497 e. The van der Waals surface area contributed by atoms with Crippen LogP contribution in [0.3, 0.4) is 0 Å². The standard InChI is InChI=1S/C26H28N6O6S/c1-36-19-7-10-22(37-2)21(17-19)25-29-28-23-11-12-24(30-32(23)25)38-16-13-27-26(33)18-5-8-20(9-6-18)39(34,35)31-14-3-4-15-31/h5-12,17H,3-4,13-16H2,1-2H3,(H,27,33). The Balaban J connectivity index is 1.20. The van der Waals surface area contributed by atoms with Crippen LogP contribution < -0.4 is 19.5 Å². The minimum atomic E-state index is -3.52. The number of hydrogen-bond acceptors (Lipinski definition) is 9. The van der Waals surface area contributed by atoms with Crippen LogP contribution in [0.15, 0.2) is 59.5 Å². The summed E-state index contributed by atoms with van der Waals surface area (Å²) >= 11 is 0. The summed E-state index contributed by atoms with van der Waals surface area (Å²) in [7, 11) is -0.382. The smallest absolute Gasteiger partial charge is 0.251 e. The number of aromatic nitrogens is 4. The average Bonchev–Trinajstić information content (AvgIpc) is 3.66. The molecular weight excluding hydrogens is 524 g/mol. The highest BCUT2D eigenvalue weighted by molar-refractivity contribution is 7.89. The maximum Gasteiger partial charge on any atom is 0.251 e. The van der Waals surface area contributed by atoms with E-state index in [0.29, 0.717) is 53.1 Å². The first-order valence-electron chi connectivity index (χ1n) is 12.4. The van der Waals surface area contributed by atoms with Crippen LogP contribution in [0.1, 0.15) is 23.2 Å². The van der Waals surface area contributed by atoms with Gasteiger partial charge in [0.15, 0.2) is 11.5 Å². The number of methoxy groups -OCH3 is 2. The molecule has 2 aromatic heterocycles. The summed E-state index contributed by atoms with van der Waals surface area (Å²) in [6.45, 7) is 1.43. The first-order chi connectivity index (χ1) is 18.9. The van der Waals surface area contributed by atoms with E-state index in [2.05, 4.69) is 20.6 Å². The van der Waals surface area contributed by atoms with E-state index in [4.69, 9.17) is 14.2 Å². The number of carbonyl (C=O) groups excluding carboxylic acids is 1. The molecule has 4 aromatic rings. The number of ether oxygens (including phenoxy) is 3. The normalized spacial score (nSPS) is 13.9. The number of fused-ring (bicyclic) bond motifs is 1. The molecule has 0 unspecified atom stereocenters. The van der Waals surface area contributed by atoms with E-state index in [1.807, 2.05) is 0 Å². The number of nitrogens with one attached hydrogen (secondary N) is 1. The summed E-state index contributed by atoms with van der Waals surface area (Å²) < 4.78 is 44.9. The molecule has 1 saturated heterocycles. The zero-order valence-corrected chi connectivity index (χ0v) is 22.3. The van der Waals surface area contributed by atoms with Crippen molar-refractivity contribution in [2.45, 2.75) is 17.7 Å². The Bertz CT molecular complexity index is 1580. The van der Waals surface area contributed by atoms with Crippen molar-refractivity contribution in [2.24, 2.45) is 0 Å². The summed E-state index contributed by atoms with van der Waals surface area (Å²) in [5.41, 5.74) is 1.53. The monoisotopic (exact) mass is 552 g/mol. The average molecular weight is 553 g/mol. The van der Waals surface area contributed by atoms with Gasteiger partial charge in [-0.05, 0) is 61.4 Å². The third-order valence-corrected chi connectivity index (χ3v) is 8.26. The van der Waals surface area contributed by atoms with Gasteiger partial charge >= 0.3 is 0 Å². The van der Waals surface area contributed by atoms with Crippen molar-refractivity contribution in [3.63, 3.8) is 0 Å². The maximum atomic E-state index is 12.7. The lowest BCUT2D eigenvalue weighted by Crippen LogP contribution is -2.29. The minimum Gasteiger partial charge on any atom is -0.497 e. The van der Waals surface area contributed by atoms with Crippen molar-refractivity contribution in [1.29, 1.82) is 0 Å². The molecular formula is C26H28N6O6S. The lowest BCUT2D eigenvalue weighted by molar-refractivity contribution is 0.0946. The molecule has 0 atom stereocenters. The van der Waals surface area contributed by atoms with Gasteiger partial charge in [0.05, 0.1) is 31.2 Å². The molecule has 204 valence electrons. The van der Waals surface area contributed by atoms with Crippen LogP contribution in [-0.4, -0.2) is 78.9 Å². The molecule has 1 fully saturated rings. The van der Waals surface area contributed by atoms with Crippen LogP contribution in [-0.2, 0) is 10.0 Å². The Labute approximate surface area is 225 Å². The van der Waals surface area contributed by atoms with E-state index in [0.717, 1.165) is 12.8 Å². The van der Waals surface area contributed by atoms with Crippen LogP contribution in [0.25, 0.3) is 17.0 Å². The molecule has 0 saturated carbocycles. The maximum absolute atomic E-state index is 12.7. The Morgan fingerprint density at radius 3 is 2.46 bits per heavy atom. The van der Waals surface area contributed by atoms with E-state index in [1.165, 1.54) is 28.6 Å². The van der Waals surface area contributed by atoms with E-state index >= 15 is 0 Å². The van der Waals surface area contributed by atoms with Crippen LogP contribution in [0.2, 0.25) is 0 Å². The van der Waals surface area contributed by atoms with Crippen molar-refractivity contribution < 1.29 is 27.4 Å². The number of sulfonamides is 1. The Hall–Kier alpha value is -4.23. The summed E-state index contributed by atoms with van der Waals surface area (Å²) in [6, 6.07) is 14.7. The molecule has 39 heavy (non-hydrogen) atoms. The lowest BCUT2D eigenvalue weighted by Gasteiger charge is -2.15. The Morgan fingerprint density at radius 1 is 0.974 bits per heavy atom. The third kappa shape index (κ3) is 5.49. The molecule has 5 rings (SSSR count). The Kier molecular flexibility index (Phi) is 7.61. The number of amides is 1. The van der Waals surface area contributed by atoms with Crippen LogP contribution in [0, 0.1) is 0 Å². The highest BCUT2D eigenvalue weighted by Crippen LogP contribution is 2.32. The van der Waals surface area contributed by atoms with E-state index in [9.17, 15) is 13.2 Å². The van der Waals surface area contributed by atoms with Gasteiger partial charge in [-0.15, -0.1) is 15.3 Å². The highest BCUT2D eigenvalue weighted by Gasteiger charge is 2.27. The highest BCUT2D eigenvalue weighted by atomic mass is 32.2. The summed E-state index contributed by atoms with van der Waals surface area (Å²) in [5.74, 6) is 1.65. The third-order valence-electron chi connectivity index (χ3n) is 6.34. The van der Waals surface area contributed by atoms with Crippen molar-refractivity contribution in [3.8, 4) is 28.8 Å². The molecule has 0 aliphatic carbocycles. The molecule has 13 heteroatoms. The molecule has 1 aliphatic rings. The van der Waals surface area contributed by atoms with Crippen molar-refractivity contribution in [2.75, 3.05) is 40.5 Å². The first kappa shape index (κ1) is 26.4. The second-order valence-electron chi connectivity index (χ2n) is 8.77. The van der Waals surface area contributed by atoms with Gasteiger partial charge in [-0.1, -0.05) is 0 Å². The zero-order valence-electron chi connectivity index (χ0n) is 21.5. The van der Waals surface area contributed by atoms with Gasteiger partial charge in [0.25, 0.3) is 5.91 Å². The number of rotatable bonds is 10. The molecule has 2 aromatic carbocycles. The number of nitrogens with zero attached hydrogens (tertiary/aromatic N) is 5. The zero-order chi connectivity index (χ0) is 27.4. The molecule has 0 radical (unpaired) electrons. The van der Waals surface area contributed by atoms with Gasteiger partial charge in [-0.2, -0.15) is 8.82 Å². The molecule has 1 amide bonds. The molecule has 0 bridgehead atoms. The second-order valence-corrected chi connectivity index (χ2v) is 10.7. The van der Waals surface area contributed by atoms with Crippen LogP contribution >= 0.6 is 0 Å². The fraction of sp³-hybridized carbons (Fsp3) is 0.308. The van der Waals surface area contributed by atoms with Gasteiger partial charge < -0.3 is 19.5 Å². The Morgan fingerprint density at radius 2 is 1.74 bits per heavy atom. The van der Waals surface area contributed by atoms with Crippen molar-refractivity contribution >= 4 is 21.6 Å². The van der Waals surface area contributed by atoms with Crippen molar-refractivity contribution in [1.82, 2.24) is 29.4 Å². The van der Waals surface area contributed by atoms with E-state index < -0.39 is 10.0 Å². The number of benzene rings is 2. The predicted octanol–water partition coefficient (Wildman–Crippen LogP) is 2.40. The van der Waals surface area contributed by atoms with Gasteiger partial charge in [0, 0.05) is 24.7 Å². The molecule has 12 nitrogen and oxygen atoms in total. The van der Waals surface area contributed by atoms with E-state index in [-0.39, 0.29) is 24.0 Å². The first-order valence-corrected chi connectivity index (χ1v) is 13.8. The summed E-state index contributed by atoms with van der Waals surface area (Å²) in [4.78, 5) is 12.7. The second kappa shape index (κ2) is 11.3. The molecule has 1 N–H and O–H groups in total. The topological polar surface area (TPSA) is 137 Å². The quantitative estimate of drug-likeness (QED) is 0.294. The number of hydrogen-bond donors (Lipinski definition) is 1. The summed E-state index contributed by atoms with van der Waals surface area (Å²) in [6.07, 6.45) is 1.73. The summed E-state index contributed by atoms with van der Waals surface area (Å²) in [5, 5.41) is 15.7. The molecule has 3 heterocycles. The van der Waals surface area contributed by atoms with Gasteiger partial charge in [-0.3, -0.25) is 4.79 Å². The van der Waals surface area contributed by atoms with Gasteiger partial charge in [0.2, 0.25) is 15.9 Å². The van der Waals surface area contributed by atoms with Crippen LogP contribution in [0.4, 0.5) is 0 Å². The van der Waals surface area contributed by atoms with Gasteiger partial charge in [0.1, 0.15) is 18.1 Å². The molecule has 0 spiro atoms. The minimum absolute atomic E-state index is 0.158. The van der Waals surface area contributed by atoms with E-state index in [1.54, 1.807) is 49.1 Å². The lowest BCUT2D eigenvalue weighted by atomic mass is 10.2. The fourth-order valence-corrected chi connectivity index (χ4v) is 5.80. The molecule has 1 aliphatic heterocycles. The van der Waals surface area contributed by atoms with Crippen molar-refractivity contribution in [3.05, 3.63) is 60.2 Å². The van der Waals surface area contributed by atoms with Crippen LogP contribution in [0.5, 0.6) is 17.4 Å². The number of carbonyl (C=O) groups is 1.